The average Bonchev–Trinajstić information content (AvgIpc) is 2.60. The summed E-state index contributed by atoms with van der Waals surface area (Å²) >= 11 is 3.43. The molecule has 1 saturated carbocycles. The molecule has 0 bridgehead atoms. The molecule has 88 valence electrons. The molecule has 2 N–H and O–H groups in total. The van der Waals surface area contributed by atoms with E-state index in [1.165, 1.54) is 19.3 Å². The molecule has 0 aliphatic heterocycles. The lowest BCUT2D eigenvalue weighted by molar-refractivity contribution is 0.287. The summed E-state index contributed by atoms with van der Waals surface area (Å²) in [5.41, 5.74) is 7.94. The lowest BCUT2D eigenvalue weighted by Gasteiger charge is -2.26. The van der Waals surface area contributed by atoms with Crippen molar-refractivity contribution in [3.05, 3.63) is 28.7 Å². The molecular formula is C12H13BrN4. The normalized spacial score (nSPS) is 15.8. The van der Waals surface area contributed by atoms with Crippen LogP contribution in [0.25, 0.3) is 11.3 Å². The summed E-state index contributed by atoms with van der Waals surface area (Å²) in [5.74, 6) is 0.513. The first-order valence-electron chi connectivity index (χ1n) is 5.72. The standard InChI is InChI=1S/C12H13BrN4/c13-9-6-4-8(5-7-9)11-12(14)15-16-17(11)10-2-1-3-10/h4-7,10H,1-3,14H2. The first-order chi connectivity index (χ1) is 8.25. The number of nitrogen functional groups attached to an aromatic ring is 1. The van der Waals surface area contributed by atoms with E-state index in [0.29, 0.717) is 11.9 Å². The molecule has 1 aliphatic carbocycles. The van der Waals surface area contributed by atoms with Crippen LogP contribution in [0.15, 0.2) is 28.7 Å². The Hall–Kier alpha value is -1.36. The maximum absolute atomic E-state index is 5.92. The van der Waals surface area contributed by atoms with Crippen LogP contribution in [0.1, 0.15) is 25.3 Å². The van der Waals surface area contributed by atoms with Gasteiger partial charge in [-0.15, -0.1) is 5.10 Å². The number of nitrogens with zero attached hydrogens (tertiary/aromatic N) is 3. The summed E-state index contributed by atoms with van der Waals surface area (Å²) in [4.78, 5) is 0. The molecule has 1 heterocycles. The molecule has 3 rings (SSSR count). The number of rotatable bonds is 2. The van der Waals surface area contributed by atoms with Crippen LogP contribution in [0.2, 0.25) is 0 Å². The van der Waals surface area contributed by atoms with Gasteiger partial charge < -0.3 is 5.73 Å². The van der Waals surface area contributed by atoms with E-state index in [1.54, 1.807) is 0 Å². The highest BCUT2D eigenvalue weighted by Gasteiger charge is 2.25. The van der Waals surface area contributed by atoms with Gasteiger partial charge >= 0.3 is 0 Å². The van der Waals surface area contributed by atoms with Gasteiger partial charge in [0.15, 0.2) is 5.82 Å². The van der Waals surface area contributed by atoms with Crippen molar-refractivity contribution in [2.75, 3.05) is 5.73 Å². The van der Waals surface area contributed by atoms with Crippen molar-refractivity contribution in [1.82, 2.24) is 15.0 Å². The van der Waals surface area contributed by atoms with Gasteiger partial charge in [0, 0.05) is 10.0 Å². The molecule has 1 aromatic heterocycles. The van der Waals surface area contributed by atoms with E-state index in [1.807, 2.05) is 28.9 Å². The number of benzene rings is 1. The van der Waals surface area contributed by atoms with E-state index in [4.69, 9.17) is 5.73 Å². The van der Waals surface area contributed by atoms with E-state index in [0.717, 1.165) is 15.7 Å². The molecule has 2 aromatic rings. The number of hydrogen-bond acceptors (Lipinski definition) is 3. The van der Waals surface area contributed by atoms with Crippen molar-refractivity contribution in [2.45, 2.75) is 25.3 Å². The zero-order valence-electron chi connectivity index (χ0n) is 9.31. The maximum Gasteiger partial charge on any atom is 0.174 e. The van der Waals surface area contributed by atoms with Gasteiger partial charge in [-0.3, -0.25) is 0 Å². The predicted molar refractivity (Wildman–Crippen MR) is 70.5 cm³/mol. The third-order valence-corrected chi connectivity index (χ3v) is 3.79. The van der Waals surface area contributed by atoms with Crippen molar-refractivity contribution in [2.24, 2.45) is 0 Å². The first kappa shape index (κ1) is 10.8. The Kier molecular flexibility index (Phi) is 2.63. The van der Waals surface area contributed by atoms with Gasteiger partial charge in [-0.2, -0.15) is 0 Å². The first-order valence-corrected chi connectivity index (χ1v) is 6.51. The van der Waals surface area contributed by atoms with Crippen LogP contribution < -0.4 is 5.73 Å². The van der Waals surface area contributed by atoms with Gasteiger partial charge in [-0.25, -0.2) is 4.68 Å². The molecule has 0 radical (unpaired) electrons. The topological polar surface area (TPSA) is 56.7 Å². The summed E-state index contributed by atoms with van der Waals surface area (Å²) in [6, 6.07) is 8.56. The minimum Gasteiger partial charge on any atom is -0.380 e. The van der Waals surface area contributed by atoms with Crippen LogP contribution in [-0.4, -0.2) is 15.0 Å². The lowest BCUT2D eigenvalue weighted by atomic mass is 9.93. The monoisotopic (exact) mass is 292 g/mol. The molecule has 1 aromatic carbocycles. The molecular weight excluding hydrogens is 280 g/mol. The van der Waals surface area contributed by atoms with E-state index >= 15 is 0 Å². The largest absolute Gasteiger partial charge is 0.380 e. The number of halogens is 1. The minimum atomic E-state index is 0.471. The Balaban J connectivity index is 2.06. The summed E-state index contributed by atoms with van der Waals surface area (Å²) in [7, 11) is 0. The summed E-state index contributed by atoms with van der Waals surface area (Å²) in [6.45, 7) is 0. The van der Waals surface area contributed by atoms with E-state index in [9.17, 15) is 0 Å². The Bertz CT molecular complexity index is 528. The molecule has 17 heavy (non-hydrogen) atoms. The van der Waals surface area contributed by atoms with E-state index < -0.39 is 0 Å². The van der Waals surface area contributed by atoms with E-state index in [-0.39, 0.29) is 0 Å². The van der Waals surface area contributed by atoms with Gasteiger partial charge in [0.1, 0.15) is 5.69 Å². The second kappa shape index (κ2) is 4.14. The van der Waals surface area contributed by atoms with Gasteiger partial charge in [0.2, 0.25) is 0 Å². The fraction of sp³-hybridized carbons (Fsp3) is 0.333. The Morgan fingerprint density at radius 3 is 2.53 bits per heavy atom. The van der Waals surface area contributed by atoms with Crippen molar-refractivity contribution in [1.29, 1.82) is 0 Å². The summed E-state index contributed by atoms with van der Waals surface area (Å²) < 4.78 is 3.03. The Labute approximate surface area is 108 Å². The number of nitrogens with two attached hydrogens (primary N) is 1. The molecule has 1 fully saturated rings. The molecule has 0 amide bonds. The molecule has 0 unspecified atom stereocenters. The average molecular weight is 293 g/mol. The molecule has 0 spiro atoms. The van der Waals surface area contributed by atoms with Crippen LogP contribution in [0.5, 0.6) is 0 Å². The van der Waals surface area contributed by atoms with Gasteiger partial charge in [-0.1, -0.05) is 33.3 Å². The Morgan fingerprint density at radius 1 is 1.24 bits per heavy atom. The van der Waals surface area contributed by atoms with Crippen molar-refractivity contribution >= 4 is 21.7 Å². The minimum absolute atomic E-state index is 0.471. The molecule has 0 saturated heterocycles. The quantitative estimate of drug-likeness (QED) is 0.926. The number of anilines is 1. The van der Waals surface area contributed by atoms with Gasteiger partial charge in [0.25, 0.3) is 0 Å². The van der Waals surface area contributed by atoms with E-state index in [2.05, 4.69) is 26.2 Å². The van der Waals surface area contributed by atoms with Gasteiger partial charge in [0.05, 0.1) is 6.04 Å². The highest BCUT2D eigenvalue weighted by Crippen LogP contribution is 2.36. The molecule has 1 aliphatic rings. The fourth-order valence-corrected chi connectivity index (χ4v) is 2.34. The van der Waals surface area contributed by atoms with Crippen molar-refractivity contribution in [3.8, 4) is 11.3 Å². The summed E-state index contributed by atoms with van der Waals surface area (Å²) in [5, 5.41) is 8.16. The smallest absolute Gasteiger partial charge is 0.174 e. The maximum atomic E-state index is 5.92. The van der Waals surface area contributed by atoms with Crippen LogP contribution in [0, 0.1) is 0 Å². The van der Waals surface area contributed by atoms with Crippen molar-refractivity contribution < 1.29 is 0 Å². The van der Waals surface area contributed by atoms with Crippen molar-refractivity contribution in [3.63, 3.8) is 0 Å². The molecule has 0 atom stereocenters. The third kappa shape index (κ3) is 1.84. The highest BCUT2D eigenvalue weighted by atomic mass is 79.9. The third-order valence-electron chi connectivity index (χ3n) is 3.26. The van der Waals surface area contributed by atoms with Crippen LogP contribution in [0.3, 0.4) is 0 Å². The second-order valence-electron chi connectivity index (χ2n) is 4.36. The highest BCUT2D eigenvalue weighted by molar-refractivity contribution is 9.10. The lowest BCUT2D eigenvalue weighted by Crippen LogP contribution is -2.19. The Morgan fingerprint density at radius 2 is 1.94 bits per heavy atom. The van der Waals surface area contributed by atoms with Crippen LogP contribution in [0.4, 0.5) is 5.82 Å². The molecule has 5 heteroatoms. The second-order valence-corrected chi connectivity index (χ2v) is 5.28. The molecule has 4 nitrogen and oxygen atoms in total. The number of hydrogen-bond donors (Lipinski definition) is 1. The van der Waals surface area contributed by atoms with Crippen LogP contribution >= 0.6 is 15.9 Å². The number of aromatic nitrogens is 3. The summed E-state index contributed by atoms with van der Waals surface area (Å²) in [6.07, 6.45) is 3.61. The predicted octanol–water partition coefficient (Wildman–Crippen LogP) is 3.01. The SMILES string of the molecule is Nc1nnn(C2CCC2)c1-c1ccc(Br)cc1. The zero-order chi connectivity index (χ0) is 11.8. The fourth-order valence-electron chi connectivity index (χ4n) is 2.08. The zero-order valence-corrected chi connectivity index (χ0v) is 10.9. The van der Waals surface area contributed by atoms with Gasteiger partial charge in [-0.05, 0) is 31.4 Å². The van der Waals surface area contributed by atoms with Crippen LogP contribution in [-0.2, 0) is 0 Å².